The molecule has 168 valence electrons. The van der Waals surface area contributed by atoms with Gasteiger partial charge in [0.05, 0.1) is 31.3 Å². The average Bonchev–Trinajstić information content (AvgIpc) is 3.53. The summed E-state index contributed by atoms with van der Waals surface area (Å²) in [4.78, 5) is 9.04. The fourth-order valence-corrected chi connectivity index (χ4v) is 4.46. The number of furan rings is 1. The van der Waals surface area contributed by atoms with Crippen LogP contribution < -0.4 is 0 Å². The first-order valence-corrected chi connectivity index (χ1v) is 11.5. The molecule has 0 N–H and O–H groups in total. The molecule has 0 unspecified atom stereocenters. The van der Waals surface area contributed by atoms with Crippen LogP contribution in [0, 0.1) is 0 Å². The van der Waals surface area contributed by atoms with E-state index in [1.54, 1.807) is 24.1 Å². The standard InChI is InChI=1S/C20H29N7O3S/c1-4-15(25(2)3)19-22-23-20(27(19)8-7-26-9-12-28-13-10-26)31-14-17-21-18(24-30-17)16-6-5-11-29-16/h5-6,11,15H,4,7-10,12-14H2,1-3H3/t15-/m0/s1. The highest BCUT2D eigenvalue weighted by atomic mass is 32.2. The molecule has 3 aromatic rings. The van der Waals surface area contributed by atoms with Crippen LogP contribution in [0.4, 0.5) is 0 Å². The lowest BCUT2D eigenvalue weighted by molar-refractivity contribution is 0.0358. The van der Waals surface area contributed by atoms with Crippen LogP contribution >= 0.6 is 11.8 Å². The Labute approximate surface area is 185 Å². The molecule has 1 aliphatic rings. The van der Waals surface area contributed by atoms with Crippen molar-refractivity contribution in [3.63, 3.8) is 0 Å². The molecular weight excluding hydrogens is 418 g/mol. The highest BCUT2D eigenvalue weighted by Gasteiger charge is 2.23. The molecule has 0 aromatic carbocycles. The van der Waals surface area contributed by atoms with Crippen molar-refractivity contribution in [3.8, 4) is 11.6 Å². The van der Waals surface area contributed by atoms with Gasteiger partial charge in [0, 0.05) is 26.2 Å². The zero-order valence-corrected chi connectivity index (χ0v) is 19.0. The van der Waals surface area contributed by atoms with Gasteiger partial charge in [-0.3, -0.25) is 9.80 Å². The minimum absolute atomic E-state index is 0.209. The van der Waals surface area contributed by atoms with Gasteiger partial charge in [-0.15, -0.1) is 10.2 Å². The SMILES string of the molecule is CC[C@@H](c1nnc(SCc2nc(-c3ccco3)no2)n1CCN1CCOCC1)N(C)C. The van der Waals surface area contributed by atoms with Crippen molar-refractivity contribution >= 4 is 11.8 Å². The molecule has 0 amide bonds. The summed E-state index contributed by atoms with van der Waals surface area (Å²) in [7, 11) is 4.16. The van der Waals surface area contributed by atoms with Crippen molar-refractivity contribution in [2.75, 3.05) is 46.9 Å². The fourth-order valence-electron chi connectivity index (χ4n) is 3.65. The van der Waals surface area contributed by atoms with Crippen molar-refractivity contribution in [3.05, 3.63) is 30.1 Å². The van der Waals surface area contributed by atoms with Crippen LogP contribution in [0.3, 0.4) is 0 Å². The molecule has 1 aliphatic heterocycles. The van der Waals surface area contributed by atoms with Crippen LogP contribution in [0.2, 0.25) is 0 Å². The second-order valence-corrected chi connectivity index (χ2v) is 8.55. The van der Waals surface area contributed by atoms with Crippen LogP contribution in [-0.4, -0.2) is 81.6 Å². The number of ether oxygens (including phenoxy) is 1. The molecule has 1 atom stereocenters. The topological polar surface area (TPSA) is 98.5 Å². The lowest BCUT2D eigenvalue weighted by Crippen LogP contribution is -2.38. The second-order valence-electron chi connectivity index (χ2n) is 7.61. The van der Waals surface area contributed by atoms with Crippen molar-refractivity contribution in [2.45, 2.75) is 36.8 Å². The van der Waals surface area contributed by atoms with E-state index in [-0.39, 0.29) is 6.04 Å². The van der Waals surface area contributed by atoms with Crippen molar-refractivity contribution in [1.29, 1.82) is 0 Å². The lowest BCUT2D eigenvalue weighted by atomic mass is 10.2. The van der Waals surface area contributed by atoms with Gasteiger partial charge in [-0.05, 0) is 32.6 Å². The predicted octanol–water partition coefficient (Wildman–Crippen LogP) is 2.56. The maximum atomic E-state index is 5.47. The first-order valence-electron chi connectivity index (χ1n) is 10.5. The Hall–Kier alpha value is -2.21. The summed E-state index contributed by atoms with van der Waals surface area (Å²) in [5, 5.41) is 13.9. The molecule has 0 radical (unpaired) electrons. The molecule has 31 heavy (non-hydrogen) atoms. The first kappa shape index (κ1) is 22.0. The second kappa shape index (κ2) is 10.4. The van der Waals surface area contributed by atoms with Gasteiger partial charge in [0.25, 0.3) is 0 Å². The fraction of sp³-hybridized carbons (Fsp3) is 0.600. The van der Waals surface area contributed by atoms with Gasteiger partial charge in [-0.25, -0.2) is 0 Å². The van der Waals surface area contributed by atoms with E-state index in [1.165, 1.54) is 0 Å². The summed E-state index contributed by atoms with van der Waals surface area (Å²) in [5.41, 5.74) is 0. The lowest BCUT2D eigenvalue weighted by Gasteiger charge is -2.28. The van der Waals surface area contributed by atoms with Crippen LogP contribution in [0.5, 0.6) is 0 Å². The molecule has 0 saturated carbocycles. The highest BCUT2D eigenvalue weighted by molar-refractivity contribution is 7.98. The number of aromatic nitrogens is 5. The van der Waals surface area contributed by atoms with Crippen LogP contribution in [0.1, 0.15) is 31.1 Å². The van der Waals surface area contributed by atoms with E-state index in [9.17, 15) is 0 Å². The molecule has 0 spiro atoms. The zero-order chi connectivity index (χ0) is 21.6. The van der Waals surface area contributed by atoms with Crippen molar-refractivity contribution in [1.82, 2.24) is 34.7 Å². The third-order valence-corrected chi connectivity index (χ3v) is 6.28. The van der Waals surface area contributed by atoms with E-state index in [0.717, 1.165) is 56.8 Å². The van der Waals surface area contributed by atoms with Gasteiger partial charge >= 0.3 is 0 Å². The minimum atomic E-state index is 0.209. The number of morpholine rings is 1. The maximum Gasteiger partial charge on any atom is 0.238 e. The molecule has 0 aliphatic carbocycles. The van der Waals surface area contributed by atoms with E-state index in [2.05, 4.69) is 55.7 Å². The van der Waals surface area contributed by atoms with Gasteiger partial charge in [-0.1, -0.05) is 23.8 Å². The van der Waals surface area contributed by atoms with E-state index in [4.69, 9.17) is 13.7 Å². The van der Waals surface area contributed by atoms with Crippen LogP contribution in [-0.2, 0) is 17.0 Å². The molecule has 3 aromatic heterocycles. The molecule has 4 rings (SSSR count). The molecular formula is C20H29N7O3S. The van der Waals surface area contributed by atoms with E-state index < -0.39 is 0 Å². The summed E-state index contributed by atoms with van der Waals surface area (Å²) >= 11 is 1.56. The Morgan fingerprint density at radius 1 is 1.19 bits per heavy atom. The summed E-state index contributed by atoms with van der Waals surface area (Å²) in [6.07, 6.45) is 2.55. The Balaban J connectivity index is 1.48. The zero-order valence-electron chi connectivity index (χ0n) is 18.2. The summed E-state index contributed by atoms with van der Waals surface area (Å²) in [6.45, 7) is 7.45. The predicted molar refractivity (Wildman–Crippen MR) is 116 cm³/mol. The van der Waals surface area contributed by atoms with E-state index in [0.29, 0.717) is 23.2 Å². The third-order valence-electron chi connectivity index (χ3n) is 5.33. The van der Waals surface area contributed by atoms with Gasteiger partial charge in [0.15, 0.2) is 16.7 Å². The Morgan fingerprint density at radius 2 is 2.03 bits per heavy atom. The molecule has 10 nitrogen and oxygen atoms in total. The largest absolute Gasteiger partial charge is 0.461 e. The summed E-state index contributed by atoms with van der Waals surface area (Å²) in [6, 6.07) is 3.82. The maximum absolute atomic E-state index is 5.47. The molecule has 1 fully saturated rings. The quantitative estimate of drug-likeness (QED) is 0.431. The van der Waals surface area contributed by atoms with E-state index in [1.807, 2.05) is 6.07 Å². The third kappa shape index (κ3) is 5.35. The Morgan fingerprint density at radius 3 is 2.74 bits per heavy atom. The molecule has 1 saturated heterocycles. The first-order chi connectivity index (χ1) is 15.2. The smallest absolute Gasteiger partial charge is 0.238 e. The highest BCUT2D eigenvalue weighted by Crippen LogP contribution is 2.27. The average molecular weight is 448 g/mol. The monoisotopic (exact) mass is 447 g/mol. The number of thioether (sulfide) groups is 1. The molecule has 0 bridgehead atoms. The molecule has 4 heterocycles. The van der Waals surface area contributed by atoms with E-state index >= 15 is 0 Å². The number of nitrogens with zero attached hydrogens (tertiary/aromatic N) is 7. The summed E-state index contributed by atoms with van der Waals surface area (Å²) in [5.74, 6) is 3.08. The summed E-state index contributed by atoms with van der Waals surface area (Å²) < 4.78 is 18.4. The van der Waals surface area contributed by atoms with Crippen molar-refractivity contribution < 1.29 is 13.7 Å². The number of hydrogen-bond acceptors (Lipinski definition) is 10. The minimum Gasteiger partial charge on any atom is -0.461 e. The number of hydrogen-bond donors (Lipinski definition) is 0. The van der Waals surface area contributed by atoms with Gasteiger partial charge in [0.2, 0.25) is 11.7 Å². The Kier molecular flexibility index (Phi) is 7.38. The normalized spacial score (nSPS) is 16.3. The van der Waals surface area contributed by atoms with Crippen LogP contribution in [0.15, 0.2) is 32.5 Å². The van der Waals surface area contributed by atoms with Gasteiger partial charge < -0.3 is 18.2 Å². The van der Waals surface area contributed by atoms with Gasteiger partial charge in [-0.2, -0.15) is 4.98 Å². The van der Waals surface area contributed by atoms with Crippen molar-refractivity contribution in [2.24, 2.45) is 0 Å². The Bertz CT molecular complexity index is 935. The van der Waals surface area contributed by atoms with Crippen LogP contribution in [0.25, 0.3) is 11.6 Å². The van der Waals surface area contributed by atoms with Gasteiger partial charge in [0.1, 0.15) is 0 Å². The number of rotatable bonds is 10. The molecule has 11 heteroatoms.